The molecule has 0 aromatic carbocycles. The Morgan fingerprint density at radius 2 is 2.47 bits per heavy atom. The van der Waals surface area contributed by atoms with E-state index in [1.807, 2.05) is 0 Å². The lowest BCUT2D eigenvalue weighted by molar-refractivity contribution is 0.0600. The van der Waals surface area contributed by atoms with Crippen LogP contribution in [-0.4, -0.2) is 30.8 Å². The number of aliphatic hydroxyl groups is 1. The number of hydrogen-bond acceptors (Lipinski definition) is 5. The standard InChI is InChI=1S/C10H15NO4/c1-7(12)4-11-5-9-3-8(6-15-9)10(13)14-2/h3,6-7,11-12H,4-5H2,1-2H3. The predicted octanol–water partition coefficient (Wildman–Crippen LogP) is 0.537. The van der Waals surface area contributed by atoms with Crippen LogP contribution in [0.25, 0.3) is 0 Å². The fraction of sp³-hybridized carbons (Fsp3) is 0.500. The van der Waals surface area contributed by atoms with Crippen molar-refractivity contribution in [3.63, 3.8) is 0 Å². The van der Waals surface area contributed by atoms with Gasteiger partial charge >= 0.3 is 5.97 Å². The number of methoxy groups -OCH3 is 1. The summed E-state index contributed by atoms with van der Waals surface area (Å²) in [5, 5.41) is 12.0. The highest BCUT2D eigenvalue weighted by atomic mass is 16.5. The first-order valence-corrected chi connectivity index (χ1v) is 4.68. The van der Waals surface area contributed by atoms with E-state index in [0.717, 1.165) is 0 Å². The molecule has 0 aliphatic heterocycles. The van der Waals surface area contributed by atoms with Gasteiger partial charge < -0.3 is 19.6 Å². The molecule has 0 bridgehead atoms. The molecular weight excluding hydrogens is 198 g/mol. The number of rotatable bonds is 5. The number of nitrogens with one attached hydrogen (secondary N) is 1. The molecule has 0 fully saturated rings. The first kappa shape index (κ1) is 11.7. The first-order valence-electron chi connectivity index (χ1n) is 4.68. The van der Waals surface area contributed by atoms with Crippen molar-refractivity contribution in [2.75, 3.05) is 13.7 Å². The van der Waals surface area contributed by atoms with E-state index in [1.54, 1.807) is 13.0 Å². The second kappa shape index (κ2) is 5.53. The SMILES string of the molecule is COC(=O)c1coc(CNCC(C)O)c1. The summed E-state index contributed by atoms with van der Waals surface area (Å²) in [6, 6.07) is 1.61. The van der Waals surface area contributed by atoms with E-state index < -0.39 is 12.1 Å². The molecule has 1 rings (SSSR count). The first-order chi connectivity index (χ1) is 7.13. The molecule has 1 unspecified atom stereocenters. The summed E-state index contributed by atoms with van der Waals surface area (Å²) in [6.07, 6.45) is 0.950. The van der Waals surface area contributed by atoms with Crippen molar-refractivity contribution in [3.8, 4) is 0 Å². The normalized spacial score (nSPS) is 12.5. The topological polar surface area (TPSA) is 71.7 Å². The van der Waals surface area contributed by atoms with Crippen molar-refractivity contribution in [2.24, 2.45) is 0 Å². The Balaban J connectivity index is 2.43. The second-order valence-corrected chi connectivity index (χ2v) is 3.27. The summed E-state index contributed by atoms with van der Waals surface area (Å²) in [6.45, 7) is 2.64. The molecule has 0 saturated heterocycles. The van der Waals surface area contributed by atoms with Gasteiger partial charge in [-0.3, -0.25) is 0 Å². The summed E-state index contributed by atoms with van der Waals surface area (Å²) in [5.41, 5.74) is 0.395. The van der Waals surface area contributed by atoms with Crippen LogP contribution in [0.1, 0.15) is 23.0 Å². The van der Waals surface area contributed by atoms with Gasteiger partial charge in [-0.1, -0.05) is 0 Å². The largest absolute Gasteiger partial charge is 0.467 e. The highest BCUT2D eigenvalue weighted by Gasteiger charge is 2.09. The van der Waals surface area contributed by atoms with Crippen LogP contribution in [0, 0.1) is 0 Å². The molecular formula is C10H15NO4. The Morgan fingerprint density at radius 1 is 1.73 bits per heavy atom. The average molecular weight is 213 g/mol. The van der Waals surface area contributed by atoms with Crippen LogP contribution in [0.15, 0.2) is 16.7 Å². The van der Waals surface area contributed by atoms with E-state index in [9.17, 15) is 4.79 Å². The van der Waals surface area contributed by atoms with E-state index in [1.165, 1.54) is 13.4 Å². The smallest absolute Gasteiger partial charge is 0.341 e. The molecule has 1 aromatic heterocycles. The molecule has 84 valence electrons. The Labute approximate surface area is 88.0 Å². The van der Waals surface area contributed by atoms with Crippen molar-refractivity contribution < 1.29 is 19.1 Å². The van der Waals surface area contributed by atoms with Gasteiger partial charge in [-0.05, 0) is 13.0 Å². The van der Waals surface area contributed by atoms with E-state index in [4.69, 9.17) is 9.52 Å². The zero-order valence-electron chi connectivity index (χ0n) is 8.82. The Hall–Kier alpha value is -1.33. The maximum absolute atomic E-state index is 11.1. The minimum Gasteiger partial charge on any atom is -0.467 e. The van der Waals surface area contributed by atoms with Gasteiger partial charge in [-0.15, -0.1) is 0 Å². The highest BCUT2D eigenvalue weighted by Crippen LogP contribution is 2.08. The zero-order valence-corrected chi connectivity index (χ0v) is 8.82. The lowest BCUT2D eigenvalue weighted by Crippen LogP contribution is -2.23. The van der Waals surface area contributed by atoms with E-state index >= 15 is 0 Å². The van der Waals surface area contributed by atoms with Crippen molar-refractivity contribution >= 4 is 5.97 Å². The predicted molar refractivity (Wildman–Crippen MR) is 53.4 cm³/mol. The van der Waals surface area contributed by atoms with Gasteiger partial charge in [-0.2, -0.15) is 0 Å². The van der Waals surface area contributed by atoms with Crippen molar-refractivity contribution in [1.29, 1.82) is 0 Å². The average Bonchev–Trinajstić information content (AvgIpc) is 2.65. The molecule has 0 aliphatic rings. The molecule has 0 spiro atoms. The molecule has 0 aliphatic carbocycles. The summed E-state index contributed by atoms with van der Waals surface area (Å²) in [4.78, 5) is 11.1. The Morgan fingerprint density at radius 3 is 3.07 bits per heavy atom. The Kier molecular flexibility index (Phi) is 4.33. The van der Waals surface area contributed by atoms with Crippen LogP contribution < -0.4 is 5.32 Å². The summed E-state index contributed by atoms with van der Waals surface area (Å²) in [7, 11) is 1.32. The number of hydrogen-bond donors (Lipinski definition) is 2. The fourth-order valence-corrected chi connectivity index (χ4v) is 1.10. The molecule has 0 radical (unpaired) electrons. The van der Waals surface area contributed by atoms with Gasteiger partial charge in [0.1, 0.15) is 12.0 Å². The van der Waals surface area contributed by atoms with Gasteiger partial charge in [0.2, 0.25) is 0 Å². The lowest BCUT2D eigenvalue weighted by Gasteiger charge is -2.03. The molecule has 15 heavy (non-hydrogen) atoms. The Bertz CT molecular complexity index is 319. The maximum atomic E-state index is 11.1. The summed E-state index contributed by atoms with van der Waals surface area (Å²) >= 11 is 0. The minimum absolute atomic E-state index is 0.395. The lowest BCUT2D eigenvalue weighted by atomic mass is 10.3. The summed E-state index contributed by atoms with van der Waals surface area (Å²) < 4.78 is 9.66. The van der Waals surface area contributed by atoms with Crippen LogP contribution in [0.2, 0.25) is 0 Å². The number of aliphatic hydroxyl groups excluding tert-OH is 1. The molecule has 1 aromatic rings. The summed E-state index contributed by atoms with van der Waals surface area (Å²) in [5.74, 6) is 0.219. The third kappa shape index (κ3) is 3.73. The van der Waals surface area contributed by atoms with E-state index in [-0.39, 0.29) is 0 Å². The zero-order chi connectivity index (χ0) is 11.3. The van der Waals surface area contributed by atoms with Gasteiger partial charge in [0.05, 0.1) is 25.3 Å². The van der Waals surface area contributed by atoms with Gasteiger partial charge in [0, 0.05) is 6.54 Å². The number of carbonyl (C=O) groups is 1. The second-order valence-electron chi connectivity index (χ2n) is 3.27. The third-order valence-corrected chi connectivity index (χ3v) is 1.81. The molecule has 1 heterocycles. The highest BCUT2D eigenvalue weighted by molar-refractivity contribution is 5.88. The minimum atomic E-state index is -0.416. The molecule has 0 amide bonds. The number of esters is 1. The molecule has 2 N–H and O–H groups in total. The van der Waals surface area contributed by atoms with E-state index in [2.05, 4.69) is 10.1 Å². The van der Waals surface area contributed by atoms with Crippen LogP contribution in [0.5, 0.6) is 0 Å². The molecule has 5 heteroatoms. The molecule has 5 nitrogen and oxygen atoms in total. The van der Waals surface area contributed by atoms with Crippen molar-refractivity contribution in [1.82, 2.24) is 5.32 Å². The number of carbonyl (C=O) groups excluding carboxylic acids is 1. The molecule has 0 saturated carbocycles. The number of furan rings is 1. The molecule has 1 atom stereocenters. The van der Waals surface area contributed by atoms with Gasteiger partial charge in [-0.25, -0.2) is 4.79 Å². The quantitative estimate of drug-likeness (QED) is 0.698. The number of ether oxygens (including phenoxy) is 1. The monoisotopic (exact) mass is 213 g/mol. The van der Waals surface area contributed by atoms with E-state index in [0.29, 0.717) is 24.4 Å². The van der Waals surface area contributed by atoms with Gasteiger partial charge in [0.25, 0.3) is 0 Å². The third-order valence-electron chi connectivity index (χ3n) is 1.81. The van der Waals surface area contributed by atoms with Crippen LogP contribution in [0.3, 0.4) is 0 Å². The fourth-order valence-electron chi connectivity index (χ4n) is 1.10. The van der Waals surface area contributed by atoms with Crippen molar-refractivity contribution in [3.05, 3.63) is 23.7 Å². The maximum Gasteiger partial charge on any atom is 0.341 e. The van der Waals surface area contributed by atoms with Crippen molar-refractivity contribution in [2.45, 2.75) is 19.6 Å². The van der Waals surface area contributed by atoms with Crippen LogP contribution >= 0.6 is 0 Å². The van der Waals surface area contributed by atoms with Crippen LogP contribution in [-0.2, 0) is 11.3 Å². The van der Waals surface area contributed by atoms with Gasteiger partial charge in [0.15, 0.2) is 0 Å². The van der Waals surface area contributed by atoms with Crippen LogP contribution in [0.4, 0.5) is 0 Å².